The molecule has 0 bridgehead atoms. The number of nitrogens with one attached hydrogen (secondary N) is 1. The van der Waals surface area contributed by atoms with Crippen molar-refractivity contribution in [1.29, 1.82) is 0 Å². The molecule has 0 saturated carbocycles. The van der Waals surface area contributed by atoms with Gasteiger partial charge in [-0.1, -0.05) is 41.9 Å². The number of halogens is 1. The van der Waals surface area contributed by atoms with Crippen molar-refractivity contribution in [3.8, 4) is 22.8 Å². The number of aromatic nitrogens is 2. The van der Waals surface area contributed by atoms with Crippen LogP contribution in [0.1, 0.15) is 21.5 Å². The normalized spacial score (nSPS) is 11.0. The Balaban J connectivity index is 1.31. The number of carbonyl (C=O) groups excluding carboxylic acids is 1. The highest BCUT2D eigenvalue weighted by Crippen LogP contribution is 2.29. The van der Waals surface area contributed by atoms with Gasteiger partial charge in [-0.3, -0.25) is 9.78 Å². The SMILES string of the molecule is COc1cc(/C=N/NC(=O)c2cc(-c3cccnc3)nc3ccccc23)ccc1OCc1ccc(Cl)cc1. The van der Waals surface area contributed by atoms with E-state index in [2.05, 4.69) is 15.5 Å². The van der Waals surface area contributed by atoms with E-state index >= 15 is 0 Å². The van der Waals surface area contributed by atoms with Crippen LogP contribution >= 0.6 is 11.6 Å². The summed E-state index contributed by atoms with van der Waals surface area (Å²) < 4.78 is 11.4. The smallest absolute Gasteiger partial charge is 0.272 e. The van der Waals surface area contributed by atoms with Gasteiger partial charge in [-0.15, -0.1) is 0 Å². The number of methoxy groups -OCH3 is 1. The molecule has 2 aromatic heterocycles. The number of ether oxygens (including phenoxy) is 2. The summed E-state index contributed by atoms with van der Waals surface area (Å²) in [7, 11) is 1.57. The minimum absolute atomic E-state index is 0.347. The Bertz CT molecular complexity index is 1610. The number of amides is 1. The first-order chi connectivity index (χ1) is 18.6. The lowest BCUT2D eigenvalue weighted by molar-refractivity contribution is 0.0956. The van der Waals surface area contributed by atoms with Crippen molar-refractivity contribution in [1.82, 2.24) is 15.4 Å². The average Bonchev–Trinajstić information content (AvgIpc) is 2.97. The Morgan fingerprint density at radius 2 is 1.84 bits per heavy atom. The van der Waals surface area contributed by atoms with E-state index in [0.717, 1.165) is 22.1 Å². The molecule has 0 radical (unpaired) electrons. The van der Waals surface area contributed by atoms with Gasteiger partial charge in [-0.25, -0.2) is 10.4 Å². The van der Waals surface area contributed by atoms with E-state index in [-0.39, 0.29) is 5.91 Å². The zero-order valence-electron chi connectivity index (χ0n) is 20.5. The number of pyridine rings is 2. The summed E-state index contributed by atoms with van der Waals surface area (Å²) in [5.74, 6) is 0.796. The van der Waals surface area contributed by atoms with E-state index in [1.165, 1.54) is 0 Å². The maximum Gasteiger partial charge on any atom is 0.272 e. The van der Waals surface area contributed by atoms with E-state index in [0.29, 0.717) is 39.9 Å². The highest BCUT2D eigenvalue weighted by atomic mass is 35.5. The molecule has 188 valence electrons. The third-order valence-electron chi connectivity index (χ3n) is 5.79. The zero-order valence-corrected chi connectivity index (χ0v) is 21.2. The molecule has 5 rings (SSSR count). The fraction of sp³-hybridized carbons (Fsp3) is 0.0667. The van der Waals surface area contributed by atoms with Crippen molar-refractivity contribution in [2.75, 3.05) is 7.11 Å². The molecule has 7 nitrogen and oxygen atoms in total. The fourth-order valence-corrected chi connectivity index (χ4v) is 4.00. The van der Waals surface area contributed by atoms with Crippen LogP contribution in [-0.4, -0.2) is 29.2 Å². The molecule has 1 N–H and O–H groups in total. The molecule has 0 fully saturated rings. The summed E-state index contributed by atoms with van der Waals surface area (Å²) in [6, 6.07) is 25.9. The number of para-hydroxylation sites is 1. The highest BCUT2D eigenvalue weighted by molar-refractivity contribution is 6.30. The van der Waals surface area contributed by atoms with E-state index in [9.17, 15) is 4.79 Å². The van der Waals surface area contributed by atoms with Crippen LogP contribution in [-0.2, 0) is 6.61 Å². The minimum Gasteiger partial charge on any atom is -0.493 e. The molecular weight excluding hydrogens is 500 g/mol. The number of rotatable bonds is 8. The van der Waals surface area contributed by atoms with Crippen LogP contribution in [0.15, 0.2) is 102 Å². The van der Waals surface area contributed by atoms with Gasteiger partial charge in [-0.2, -0.15) is 5.10 Å². The van der Waals surface area contributed by atoms with Crippen molar-refractivity contribution in [3.63, 3.8) is 0 Å². The predicted molar refractivity (Wildman–Crippen MR) is 149 cm³/mol. The number of hydrogen-bond acceptors (Lipinski definition) is 6. The summed E-state index contributed by atoms with van der Waals surface area (Å²) in [5, 5.41) is 5.58. The number of carbonyl (C=O) groups is 1. The average molecular weight is 523 g/mol. The van der Waals surface area contributed by atoms with Crippen molar-refractivity contribution < 1.29 is 14.3 Å². The summed E-state index contributed by atoms with van der Waals surface area (Å²) in [5.41, 5.74) is 7.00. The molecular formula is C30H23ClN4O3. The molecule has 5 aromatic rings. The largest absolute Gasteiger partial charge is 0.493 e. The van der Waals surface area contributed by atoms with E-state index in [1.54, 1.807) is 43.9 Å². The number of benzene rings is 3. The van der Waals surface area contributed by atoms with Crippen LogP contribution in [0.2, 0.25) is 5.02 Å². The lowest BCUT2D eigenvalue weighted by Gasteiger charge is -2.11. The van der Waals surface area contributed by atoms with Crippen molar-refractivity contribution >= 4 is 34.6 Å². The van der Waals surface area contributed by atoms with E-state index in [1.807, 2.05) is 66.7 Å². The van der Waals surface area contributed by atoms with Gasteiger partial charge in [0.15, 0.2) is 11.5 Å². The van der Waals surface area contributed by atoms with Crippen LogP contribution in [0.25, 0.3) is 22.2 Å². The van der Waals surface area contributed by atoms with Crippen LogP contribution in [0.5, 0.6) is 11.5 Å². The minimum atomic E-state index is -0.347. The predicted octanol–water partition coefficient (Wildman–Crippen LogP) is 6.30. The monoisotopic (exact) mass is 522 g/mol. The molecule has 0 unspecified atom stereocenters. The summed E-state index contributed by atoms with van der Waals surface area (Å²) in [6.45, 7) is 0.373. The van der Waals surface area contributed by atoms with Gasteiger partial charge in [0.2, 0.25) is 0 Å². The number of nitrogens with zero attached hydrogens (tertiary/aromatic N) is 3. The lowest BCUT2D eigenvalue weighted by Crippen LogP contribution is -2.18. The van der Waals surface area contributed by atoms with Crippen LogP contribution < -0.4 is 14.9 Å². The first-order valence-electron chi connectivity index (χ1n) is 11.8. The molecule has 38 heavy (non-hydrogen) atoms. The van der Waals surface area contributed by atoms with Gasteiger partial charge >= 0.3 is 0 Å². The van der Waals surface area contributed by atoms with Crippen LogP contribution in [0.4, 0.5) is 0 Å². The van der Waals surface area contributed by atoms with Crippen LogP contribution in [0.3, 0.4) is 0 Å². The maximum atomic E-state index is 13.1. The molecule has 8 heteroatoms. The first-order valence-corrected chi connectivity index (χ1v) is 12.2. The van der Waals surface area contributed by atoms with Crippen molar-refractivity contribution in [2.45, 2.75) is 6.61 Å². The lowest BCUT2D eigenvalue weighted by atomic mass is 10.0. The quantitative estimate of drug-likeness (QED) is 0.191. The Morgan fingerprint density at radius 3 is 2.63 bits per heavy atom. The number of hydrazone groups is 1. The van der Waals surface area contributed by atoms with Crippen LogP contribution in [0, 0.1) is 0 Å². The molecule has 0 atom stereocenters. The Morgan fingerprint density at radius 1 is 1.00 bits per heavy atom. The zero-order chi connectivity index (χ0) is 26.3. The summed E-state index contributed by atoms with van der Waals surface area (Å²) in [4.78, 5) is 22.0. The van der Waals surface area contributed by atoms with Gasteiger partial charge in [-0.05, 0) is 65.7 Å². The second-order valence-corrected chi connectivity index (χ2v) is 8.77. The number of fused-ring (bicyclic) bond motifs is 1. The Labute approximate surface area is 224 Å². The van der Waals surface area contributed by atoms with E-state index in [4.69, 9.17) is 26.1 Å². The Hall–Kier alpha value is -4.75. The van der Waals surface area contributed by atoms with Gasteiger partial charge in [0.05, 0.1) is 30.1 Å². The first kappa shape index (κ1) is 24.9. The van der Waals surface area contributed by atoms with Gasteiger partial charge in [0, 0.05) is 28.4 Å². The maximum absolute atomic E-state index is 13.1. The molecule has 0 saturated heterocycles. The molecule has 2 heterocycles. The third kappa shape index (κ3) is 5.79. The standard InChI is InChI=1S/C30H23ClN4O3/c1-37-29-15-21(10-13-28(29)38-19-20-8-11-23(31)12-9-20)17-33-35-30(36)25-16-27(22-5-4-14-32-18-22)34-26-7-3-2-6-24(25)26/h2-18H,19H2,1H3,(H,35,36)/b33-17+. The topological polar surface area (TPSA) is 85.7 Å². The number of hydrogen-bond donors (Lipinski definition) is 1. The van der Waals surface area contributed by atoms with Crippen molar-refractivity contribution in [3.05, 3.63) is 119 Å². The van der Waals surface area contributed by atoms with Gasteiger partial charge < -0.3 is 9.47 Å². The third-order valence-corrected chi connectivity index (χ3v) is 6.05. The summed E-state index contributed by atoms with van der Waals surface area (Å²) in [6.07, 6.45) is 4.96. The van der Waals surface area contributed by atoms with Crippen molar-refractivity contribution in [2.24, 2.45) is 5.10 Å². The molecule has 3 aromatic carbocycles. The molecule has 0 spiro atoms. The van der Waals surface area contributed by atoms with Gasteiger partial charge in [0.1, 0.15) is 6.61 Å². The second kappa shape index (κ2) is 11.5. The molecule has 1 amide bonds. The molecule has 0 aliphatic rings. The molecule has 0 aliphatic carbocycles. The summed E-state index contributed by atoms with van der Waals surface area (Å²) >= 11 is 5.94. The highest BCUT2D eigenvalue weighted by Gasteiger charge is 2.14. The van der Waals surface area contributed by atoms with E-state index < -0.39 is 0 Å². The Kier molecular flexibility index (Phi) is 7.57. The second-order valence-electron chi connectivity index (χ2n) is 8.34. The van der Waals surface area contributed by atoms with Gasteiger partial charge in [0.25, 0.3) is 5.91 Å². The fourth-order valence-electron chi connectivity index (χ4n) is 3.88. The molecule has 0 aliphatic heterocycles.